The highest BCUT2D eigenvalue weighted by atomic mass is 32.2. The van der Waals surface area contributed by atoms with Crippen molar-refractivity contribution in [2.24, 2.45) is 0 Å². The molecule has 0 aromatic heterocycles. The van der Waals surface area contributed by atoms with Gasteiger partial charge in [0.15, 0.2) is 9.79 Å². The molecule has 0 spiro atoms. The third-order valence-corrected chi connectivity index (χ3v) is 4.43. The zero-order valence-corrected chi connectivity index (χ0v) is 14.0. The molecule has 1 unspecified atom stereocenters. The molecule has 0 fully saturated rings. The van der Waals surface area contributed by atoms with Gasteiger partial charge in [0.2, 0.25) is 5.91 Å². The molecule has 8 heteroatoms. The average molecular weight is 347 g/mol. The van der Waals surface area contributed by atoms with Crippen molar-refractivity contribution in [3.05, 3.63) is 42.5 Å². The van der Waals surface area contributed by atoms with E-state index in [4.69, 9.17) is 5.73 Å². The number of rotatable bonds is 4. The Morgan fingerprint density at radius 1 is 1.08 bits per heavy atom. The van der Waals surface area contributed by atoms with Gasteiger partial charge < -0.3 is 20.3 Å². The summed E-state index contributed by atoms with van der Waals surface area (Å²) in [6, 6.07) is 11.3. The van der Waals surface area contributed by atoms with E-state index in [1.807, 2.05) is 0 Å². The van der Waals surface area contributed by atoms with Crippen LogP contribution in [0.25, 0.3) is 0 Å². The molecule has 0 aliphatic carbocycles. The quantitative estimate of drug-likeness (QED) is 0.580. The highest BCUT2D eigenvalue weighted by Crippen LogP contribution is 2.27. The summed E-state index contributed by atoms with van der Waals surface area (Å²) in [6.45, 7) is 1.38. The van der Waals surface area contributed by atoms with Crippen LogP contribution < -0.4 is 16.4 Å². The van der Waals surface area contributed by atoms with Gasteiger partial charge in [0.05, 0.1) is 18.5 Å². The van der Waals surface area contributed by atoms with Crippen molar-refractivity contribution >= 4 is 40.2 Å². The molecular weight excluding hydrogens is 330 g/mol. The number of ether oxygens (including phenoxy) is 1. The molecule has 4 N–H and O–H groups in total. The molecule has 0 heterocycles. The van der Waals surface area contributed by atoms with E-state index in [1.165, 1.54) is 14.0 Å². The Labute approximate surface area is 142 Å². The van der Waals surface area contributed by atoms with Crippen LogP contribution in [0.2, 0.25) is 0 Å². The summed E-state index contributed by atoms with van der Waals surface area (Å²) in [7, 11) is 1.27. The van der Waals surface area contributed by atoms with Gasteiger partial charge in [-0.1, -0.05) is 0 Å². The summed E-state index contributed by atoms with van der Waals surface area (Å²) < 4.78 is 17.1. The van der Waals surface area contributed by atoms with Crippen LogP contribution in [-0.2, 0) is 20.7 Å². The number of carbonyl (C=O) groups is 2. The second-order valence-corrected chi connectivity index (χ2v) is 6.32. The minimum Gasteiger partial charge on any atom is -0.606 e. The number of nitrogen functional groups attached to an aromatic ring is 1. The van der Waals surface area contributed by atoms with E-state index < -0.39 is 17.3 Å². The lowest BCUT2D eigenvalue weighted by Crippen LogP contribution is -2.11. The lowest BCUT2D eigenvalue weighted by atomic mass is 10.2. The highest BCUT2D eigenvalue weighted by Gasteiger charge is 2.16. The van der Waals surface area contributed by atoms with Crippen LogP contribution in [0.4, 0.5) is 21.9 Å². The zero-order chi connectivity index (χ0) is 17.7. The molecule has 0 aliphatic heterocycles. The Kier molecular flexibility index (Phi) is 5.67. The third kappa shape index (κ3) is 4.40. The predicted octanol–water partition coefficient (Wildman–Crippen LogP) is 2.57. The number of nitrogens with one attached hydrogen (secondary N) is 2. The smallest absolute Gasteiger partial charge is 0.411 e. The van der Waals surface area contributed by atoms with Gasteiger partial charge in [0.1, 0.15) is 0 Å². The SMILES string of the molecule is COC(=O)Nc1ccc([S+]([O-])c2ccc(NC(C)=O)c(N)c2)cc1. The van der Waals surface area contributed by atoms with Gasteiger partial charge in [-0.25, -0.2) is 4.79 Å². The fraction of sp³-hybridized carbons (Fsp3) is 0.125. The predicted molar refractivity (Wildman–Crippen MR) is 92.3 cm³/mol. The van der Waals surface area contributed by atoms with Crippen LogP contribution in [0.3, 0.4) is 0 Å². The highest BCUT2D eigenvalue weighted by molar-refractivity contribution is 7.91. The number of methoxy groups -OCH3 is 1. The summed E-state index contributed by atoms with van der Waals surface area (Å²) in [5, 5.41) is 5.11. The van der Waals surface area contributed by atoms with Crippen LogP contribution in [0.1, 0.15) is 6.92 Å². The van der Waals surface area contributed by atoms with E-state index in [2.05, 4.69) is 15.4 Å². The van der Waals surface area contributed by atoms with E-state index in [-0.39, 0.29) is 5.91 Å². The Morgan fingerprint density at radius 3 is 2.25 bits per heavy atom. The first kappa shape index (κ1) is 17.6. The summed E-state index contributed by atoms with van der Waals surface area (Å²) in [5.41, 5.74) is 7.21. The Bertz CT molecular complexity index is 749. The molecule has 7 nitrogen and oxygen atoms in total. The van der Waals surface area contributed by atoms with Gasteiger partial charge in [-0.05, 0) is 36.4 Å². The van der Waals surface area contributed by atoms with Crippen LogP contribution in [0.5, 0.6) is 0 Å². The molecule has 0 aliphatic rings. The van der Waals surface area contributed by atoms with Crippen molar-refractivity contribution < 1.29 is 18.9 Å². The first-order chi connectivity index (χ1) is 11.4. The number of hydrogen-bond acceptors (Lipinski definition) is 5. The molecule has 0 bridgehead atoms. The normalized spacial score (nSPS) is 11.5. The number of anilines is 3. The van der Waals surface area contributed by atoms with Crippen LogP contribution in [0, 0.1) is 0 Å². The largest absolute Gasteiger partial charge is 0.606 e. The fourth-order valence-electron chi connectivity index (χ4n) is 1.93. The van der Waals surface area contributed by atoms with Gasteiger partial charge in [-0.3, -0.25) is 10.1 Å². The molecule has 2 rings (SSSR count). The van der Waals surface area contributed by atoms with Crippen molar-refractivity contribution in [1.29, 1.82) is 0 Å². The van der Waals surface area contributed by atoms with Crippen molar-refractivity contribution in [2.75, 3.05) is 23.5 Å². The molecule has 24 heavy (non-hydrogen) atoms. The molecular formula is C16H17N3O4S. The molecule has 0 saturated heterocycles. The van der Waals surface area contributed by atoms with E-state index in [9.17, 15) is 14.1 Å². The van der Waals surface area contributed by atoms with Gasteiger partial charge in [0, 0.05) is 29.9 Å². The molecule has 0 saturated carbocycles. The summed E-state index contributed by atoms with van der Waals surface area (Å²) in [6.07, 6.45) is -0.579. The number of benzene rings is 2. The Hall–Kier alpha value is -2.71. The van der Waals surface area contributed by atoms with Crippen molar-refractivity contribution in [3.8, 4) is 0 Å². The second kappa shape index (κ2) is 7.71. The average Bonchev–Trinajstić information content (AvgIpc) is 2.56. The first-order valence-electron chi connectivity index (χ1n) is 6.94. The van der Waals surface area contributed by atoms with E-state index in [0.717, 1.165) is 0 Å². The monoisotopic (exact) mass is 347 g/mol. The van der Waals surface area contributed by atoms with Crippen LogP contribution in [0.15, 0.2) is 52.3 Å². The van der Waals surface area contributed by atoms with Gasteiger partial charge in [-0.2, -0.15) is 0 Å². The van der Waals surface area contributed by atoms with E-state index in [0.29, 0.717) is 26.9 Å². The number of nitrogens with two attached hydrogens (primary N) is 1. The lowest BCUT2D eigenvalue weighted by molar-refractivity contribution is -0.114. The number of hydrogen-bond donors (Lipinski definition) is 3. The maximum absolute atomic E-state index is 12.6. The summed E-state index contributed by atoms with van der Waals surface area (Å²) >= 11 is -1.44. The molecule has 0 radical (unpaired) electrons. The number of amides is 2. The lowest BCUT2D eigenvalue weighted by Gasteiger charge is -2.13. The Balaban J connectivity index is 2.16. The minimum atomic E-state index is -1.44. The van der Waals surface area contributed by atoms with Crippen molar-refractivity contribution in [3.63, 3.8) is 0 Å². The summed E-state index contributed by atoms with van der Waals surface area (Å²) in [4.78, 5) is 23.3. The first-order valence-corrected chi connectivity index (χ1v) is 8.09. The van der Waals surface area contributed by atoms with Crippen molar-refractivity contribution in [1.82, 2.24) is 0 Å². The second-order valence-electron chi connectivity index (χ2n) is 4.84. The molecule has 1 atom stereocenters. The molecule has 2 aromatic rings. The van der Waals surface area contributed by atoms with Crippen LogP contribution >= 0.6 is 0 Å². The van der Waals surface area contributed by atoms with Crippen molar-refractivity contribution in [2.45, 2.75) is 16.7 Å². The molecule has 2 amide bonds. The standard InChI is InChI=1S/C16H17N3O4S/c1-10(20)18-15-8-7-13(9-14(15)17)24(22)12-5-3-11(4-6-12)19-16(21)23-2/h3-9H,17H2,1-2H3,(H,18,20)(H,19,21). The zero-order valence-electron chi connectivity index (χ0n) is 13.2. The van der Waals surface area contributed by atoms with Gasteiger partial charge in [0.25, 0.3) is 0 Å². The van der Waals surface area contributed by atoms with Gasteiger partial charge >= 0.3 is 6.09 Å². The Morgan fingerprint density at radius 2 is 1.71 bits per heavy atom. The maximum atomic E-state index is 12.6. The van der Waals surface area contributed by atoms with E-state index in [1.54, 1.807) is 42.5 Å². The van der Waals surface area contributed by atoms with E-state index >= 15 is 0 Å². The topological polar surface area (TPSA) is 117 Å². The molecule has 2 aromatic carbocycles. The number of carbonyl (C=O) groups excluding carboxylic acids is 2. The third-order valence-electron chi connectivity index (χ3n) is 3.05. The minimum absolute atomic E-state index is 0.232. The van der Waals surface area contributed by atoms with Gasteiger partial charge in [-0.15, -0.1) is 0 Å². The maximum Gasteiger partial charge on any atom is 0.411 e. The fourth-order valence-corrected chi connectivity index (χ4v) is 3.01. The molecule has 126 valence electrons. The van der Waals surface area contributed by atoms with Crippen LogP contribution in [-0.4, -0.2) is 23.7 Å². The summed E-state index contributed by atoms with van der Waals surface area (Å²) in [5.74, 6) is -0.232.